The first kappa shape index (κ1) is 14.0. The van der Waals surface area contributed by atoms with Crippen molar-refractivity contribution >= 4 is 5.82 Å². The van der Waals surface area contributed by atoms with Gasteiger partial charge in [-0.2, -0.15) is 0 Å². The van der Waals surface area contributed by atoms with Crippen LogP contribution in [0.1, 0.15) is 19.5 Å². The molecule has 2 N–H and O–H groups in total. The Hall–Kier alpha value is -2.10. The van der Waals surface area contributed by atoms with Crippen LogP contribution in [0.25, 0.3) is 11.3 Å². The Labute approximate surface area is 108 Å². The van der Waals surface area contributed by atoms with Crippen LogP contribution in [-0.4, -0.2) is 17.1 Å². The highest BCUT2D eigenvalue weighted by molar-refractivity contribution is 5.61. The van der Waals surface area contributed by atoms with Gasteiger partial charge in [-0.1, -0.05) is 26.0 Å². The van der Waals surface area contributed by atoms with Crippen LogP contribution >= 0.6 is 0 Å². The van der Waals surface area contributed by atoms with Crippen molar-refractivity contribution < 1.29 is 4.74 Å². The van der Waals surface area contributed by atoms with E-state index in [1.165, 1.54) is 0 Å². The smallest absolute Gasteiger partial charge is 0.144 e. The van der Waals surface area contributed by atoms with Crippen molar-refractivity contribution in [2.45, 2.75) is 20.8 Å². The number of hydrogen-bond acceptors (Lipinski definition) is 4. The molecule has 2 aromatic rings. The molecule has 0 aliphatic heterocycles. The first-order chi connectivity index (χ1) is 8.70. The maximum absolute atomic E-state index is 5.62. The number of methoxy groups -OCH3 is 1. The van der Waals surface area contributed by atoms with Crippen molar-refractivity contribution in [3.63, 3.8) is 0 Å². The van der Waals surface area contributed by atoms with E-state index in [2.05, 4.69) is 9.97 Å². The van der Waals surface area contributed by atoms with E-state index in [0.717, 1.165) is 22.7 Å². The van der Waals surface area contributed by atoms with Crippen LogP contribution in [0.15, 0.2) is 30.5 Å². The van der Waals surface area contributed by atoms with Crippen LogP contribution in [0, 0.1) is 6.92 Å². The van der Waals surface area contributed by atoms with Gasteiger partial charge in [0.05, 0.1) is 24.7 Å². The van der Waals surface area contributed by atoms with E-state index in [4.69, 9.17) is 10.5 Å². The summed E-state index contributed by atoms with van der Waals surface area (Å²) in [5.74, 6) is 1.26. The lowest BCUT2D eigenvalue weighted by Gasteiger charge is -2.05. The van der Waals surface area contributed by atoms with Gasteiger partial charge in [0.15, 0.2) is 0 Å². The van der Waals surface area contributed by atoms with Gasteiger partial charge in [0.25, 0.3) is 0 Å². The molecule has 0 amide bonds. The number of anilines is 1. The van der Waals surface area contributed by atoms with Gasteiger partial charge in [0, 0.05) is 5.56 Å². The topological polar surface area (TPSA) is 61.0 Å². The van der Waals surface area contributed by atoms with Crippen LogP contribution in [-0.2, 0) is 0 Å². The number of hydrogen-bond donors (Lipinski definition) is 1. The number of ether oxygens (including phenoxy) is 1. The molecule has 4 heteroatoms. The molecule has 1 heterocycles. The molecule has 0 fully saturated rings. The van der Waals surface area contributed by atoms with Crippen LogP contribution < -0.4 is 10.5 Å². The average Bonchev–Trinajstić information content (AvgIpc) is 2.44. The molecule has 0 atom stereocenters. The minimum Gasteiger partial charge on any atom is -0.497 e. The summed E-state index contributed by atoms with van der Waals surface area (Å²) in [6.07, 6.45) is 1.66. The van der Waals surface area contributed by atoms with Gasteiger partial charge in [0.2, 0.25) is 0 Å². The highest BCUT2D eigenvalue weighted by atomic mass is 16.5. The Morgan fingerprint density at radius 3 is 2.56 bits per heavy atom. The fraction of sp³-hybridized carbons (Fsp3) is 0.286. The molecular weight excluding hydrogens is 226 g/mol. The van der Waals surface area contributed by atoms with Crippen LogP contribution in [0.2, 0.25) is 0 Å². The Morgan fingerprint density at radius 1 is 1.22 bits per heavy atom. The zero-order valence-corrected chi connectivity index (χ0v) is 11.3. The van der Waals surface area contributed by atoms with Gasteiger partial charge in [-0.3, -0.25) is 0 Å². The van der Waals surface area contributed by atoms with Gasteiger partial charge in [-0.25, -0.2) is 9.97 Å². The summed E-state index contributed by atoms with van der Waals surface area (Å²) in [5, 5.41) is 0. The highest BCUT2D eigenvalue weighted by Gasteiger charge is 2.03. The molecule has 1 aromatic carbocycles. The van der Waals surface area contributed by atoms with Crippen molar-refractivity contribution in [3.8, 4) is 17.0 Å². The molecule has 0 spiro atoms. The minimum absolute atomic E-state index is 0.464. The lowest BCUT2D eigenvalue weighted by atomic mass is 10.1. The number of nitrogens with zero attached hydrogens (tertiary/aromatic N) is 2. The van der Waals surface area contributed by atoms with Crippen molar-refractivity contribution in [2.24, 2.45) is 0 Å². The Morgan fingerprint density at radius 2 is 1.94 bits per heavy atom. The van der Waals surface area contributed by atoms with E-state index >= 15 is 0 Å². The molecule has 18 heavy (non-hydrogen) atoms. The second-order valence-electron chi connectivity index (χ2n) is 3.46. The van der Waals surface area contributed by atoms with Crippen LogP contribution in [0.3, 0.4) is 0 Å². The molecule has 96 valence electrons. The van der Waals surface area contributed by atoms with Crippen LogP contribution in [0.4, 0.5) is 5.82 Å². The van der Waals surface area contributed by atoms with E-state index < -0.39 is 0 Å². The predicted octanol–water partition coefficient (Wildman–Crippen LogP) is 3.07. The number of rotatable bonds is 2. The number of nitrogens with two attached hydrogens (primary N) is 1. The van der Waals surface area contributed by atoms with E-state index in [-0.39, 0.29) is 0 Å². The Kier molecular flexibility index (Phi) is 5.11. The minimum atomic E-state index is 0.464. The number of nitrogen functional groups attached to an aromatic ring is 1. The van der Waals surface area contributed by atoms with Gasteiger partial charge < -0.3 is 10.5 Å². The maximum atomic E-state index is 5.62. The second kappa shape index (κ2) is 6.59. The highest BCUT2D eigenvalue weighted by Crippen LogP contribution is 2.22. The molecule has 0 bridgehead atoms. The van der Waals surface area contributed by atoms with Crippen molar-refractivity contribution in [1.29, 1.82) is 0 Å². The van der Waals surface area contributed by atoms with Crippen LogP contribution in [0.5, 0.6) is 5.75 Å². The maximum Gasteiger partial charge on any atom is 0.144 e. The Balaban J connectivity index is 0.000000771. The largest absolute Gasteiger partial charge is 0.497 e. The third-order valence-corrected chi connectivity index (χ3v) is 2.35. The molecule has 0 radical (unpaired) electrons. The number of aryl methyl sites for hydroxylation is 1. The summed E-state index contributed by atoms with van der Waals surface area (Å²) in [6.45, 7) is 5.84. The van der Waals surface area contributed by atoms with Gasteiger partial charge in [-0.05, 0) is 19.1 Å². The molecule has 0 unspecified atom stereocenters. The molecule has 0 aliphatic rings. The normalized spacial score (nSPS) is 9.33. The van der Waals surface area contributed by atoms with Crippen molar-refractivity contribution in [2.75, 3.05) is 12.8 Å². The molecule has 4 nitrogen and oxygen atoms in total. The molecule has 0 saturated carbocycles. The molecule has 1 aromatic heterocycles. The third kappa shape index (κ3) is 3.20. The third-order valence-electron chi connectivity index (χ3n) is 2.35. The van der Waals surface area contributed by atoms with E-state index in [1.807, 2.05) is 45.0 Å². The first-order valence-electron chi connectivity index (χ1n) is 5.94. The predicted molar refractivity (Wildman–Crippen MR) is 74.5 cm³/mol. The summed E-state index contributed by atoms with van der Waals surface area (Å²) in [4.78, 5) is 8.46. The lowest BCUT2D eigenvalue weighted by molar-refractivity contribution is 0.415. The summed E-state index contributed by atoms with van der Waals surface area (Å²) < 4.78 is 5.16. The SMILES string of the molecule is CC.COc1cccc(-c2cnc(N)c(C)n2)c1. The van der Waals surface area contributed by atoms with E-state index in [9.17, 15) is 0 Å². The van der Waals surface area contributed by atoms with Gasteiger partial charge >= 0.3 is 0 Å². The second-order valence-corrected chi connectivity index (χ2v) is 3.46. The summed E-state index contributed by atoms with van der Waals surface area (Å²) in [6, 6.07) is 7.68. The molecule has 0 aliphatic carbocycles. The standard InChI is InChI=1S/C12H13N3O.C2H6/c1-8-12(13)14-7-11(15-8)9-4-3-5-10(6-9)16-2;1-2/h3-7H,1-2H3,(H2,13,14);1-2H3. The zero-order valence-electron chi connectivity index (χ0n) is 11.3. The fourth-order valence-electron chi connectivity index (χ4n) is 1.41. The molecule has 0 saturated heterocycles. The average molecular weight is 245 g/mol. The van der Waals surface area contributed by atoms with Crippen molar-refractivity contribution in [1.82, 2.24) is 9.97 Å². The van der Waals surface area contributed by atoms with Gasteiger partial charge in [-0.15, -0.1) is 0 Å². The van der Waals surface area contributed by atoms with E-state index in [0.29, 0.717) is 5.82 Å². The summed E-state index contributed by atoms with van der Waals surface area (Å²) in [7, 11) is 1.64. The monoisotopic (exact) mass is 245 g/mol. The Bertz CT molecular complexity index is 512. The number of aromatic nitrogens is 2. The molecular formula is C14H19N3O. The quantitative estimate of drug-likeness (QED) is 0.883. The fourth-order valence-corrected chi connectivity index (χ4v) is 1.41. The number of benzene rings is 1. The van der Waals surface area contributed by atoms with Gasteiger partial charge in [0.1, 0.15) is 11.6 Å². The van der Waals surface area contributed by atoms with E-state index in [1.54, 1.807) is 13.3 Å². The van der Waals surface area contributed by atoms with Crippen molar-refractivity contribution in [3.05, 3.63) is 36.2 Å². The summed E-state index contributed by atoms with van der Waals surface area (Å²) >= 11 is 0. The zero-order chi connectivity index (χ0) is 13.5. The molecule has 2 rings (SSSR count). The first-order valence-corrected chi connectivity index (χ1v) is 5.94. The lowest BCUT2D eigenvalue weighted by Crippen LogP contribution is -1.98. The summed E-state index contributed by atoms with van der Waals surface area (Å²) in [5.41, 5.74) is 8.13.